The average molecular weight is 410 g/mol. The zero-order valence-electron chi connectivity index (χ0n) is 16.4. The summed E-state index contributed by atoms with van der Waals surface area (Å²) in [5.41, 5.74) is 1.60. The molecule has 2 heterocycles. The van der Waals surface area contributed by atoms with Crippen molar-refractivity contribution >= 4 is 34.6 Å². The number of hydrogen-bond donors (Lipinski definition) is 0. The smallest absolute Gasteiger partial charge is 0.266 e. The summed E-state index contributed by atoms with van der Waals surface area (Å²) in [6, 6.07) is 13.3. The standard InChI is InChI=1S/C22H22N2O4S/c1-3-10-24-21(25)20(29-22(24)23-16-8-6-5-7-9-16)12-15-11-18-19(28-14-27-18)13-17(15)26-4-2/h5-9,11-13H,3-4,10,14H2,1-2H3/b20-12+,23-22?. The molecule has 0 aliphatic carbocycles. The van der Waals surface area contributed by atoms with Crippen molar-refractivity contribution in [3.63, 3.8) is 0 Å². The second-order valence-corrected chi connectivity index (χ2v) is 7.48. The molecule has 6 nitrogen and oxygen atoms in total. The third kappa shape index (κ3) is 4.10. The van der Waals surface area contributed by atoms with Gasteiger partial charge in [-0.25, -0.2) is 4.99 Å². The lowest BCUT2D eigenvalue weighted by Gasteiger charge is -2.14. The fourth-order valence-electron chi connectivity index (χ4n) is 3.10. The molecular weight excluding hydrogens is 388 g/mol. The molecule has 29 heavy (non-hydrogen) atoms. The minimum absolute atomic E-state index is 0.0494. The summed E-state index contributed by atoms with van der Waals surface area (Å²) in [5.74, 6) is 1.92. The van der Waals surface area contributed by atoms with Gasteiger partial charge in [0, 0.05) is 18.2 Å². The number of amides is 1. The predicted molar refractivity (Wildman–Crippen MR) is 115 cm³/mol. The number of aliphatic imine (C=N–C) groups is 1. The van der Waals surface area contributed by atoms with E-state index in [4.69, 9.17) is 14.2 Å². The van der Waals surface area contributed by atoms with E-state index in [1.54, 1.807) is 4.90 Å². The first-order valence-corrected chi connectivity index (χ1v) is 10.4. The maximum absolute atomic E-state index is 13.1. The zero-order chi connectivity index (χ0) is 20.2. The summed E-state index contributed by atoms with van der Waals surface area (Å²) >= 11 is 1.38. The summed E-state index contributed by atoms with van der Waals surface area (Å²) in [5, 5.41) is 0.688. The number of benzene rings is 2. The van der Waals surface area contributed by atoms with Crippen LogP contribution in [0.4, 0.5) is 5.69 Å². The van der Waals surface area contributed by atoms with E-state index in [1.807, 2.05) is 62.4 Å². The molecule has 0 saturated carbocycles. The van der Waals surface area contributed by atoms with Gasteiger partial charge >= 0.3 is 0 Å². The first-order valence-electron chi connectivity index (χ1n) is 9.61. The summed E-state index contributed by atoms with van der Waals surface area (Å²) in [7, 11) is 0. The number of fused-ring (bicyclic) bond motifs is 1. The Morgan fingerprint density at radius 3 is 2.66 bits per heavy atom. The van der Waals surface area contributed by atoms with Gasteiger partial charge in [0.25, 0.3) is 5.91 Å². The number of carbonyl (C=O) groups excluding carboxylic acids is 1. The van der Waals surface area contributed by atoms with E-state index in [0.29, 0.717) is 40.5 Å². The monoisotopic (exact) mass is 410 g/mol. The largest absolute Gasteiger partial charge is 0.493 e. The third-order valence-electron chi connectivity index (χ3n) is 4.41. The van der Waals surface area contributed by atoms with Crippen LogP contribution in [-0.2, 0) is 4.79 Å². The minimum atomic E-state index is -0.0494. The summed E-state index contributed by atoms with van der Waals surface area (Å²) < 4.78 is 16.7. The third-order valence-corrected chi connectivity index (χ3v) is 5.41. The lowest BCUT2D eigenvalue weighted by Crippen LogP contribution is -2.29. The molecule has 4 rings (SSSR count). The number of carbonyl (C=O) groups is 1. The Morgan fingerprint density at radius 2 is 1.93 bits per heavy atom. The maximum atomic E-state index is 13.1. The molecule has 1 fully saturated rings. The summed E-state index contributed by atoms with van der Waals surface area (Å²) in [6.07, 6.45) is 2.69. The van der Waals surface area contributed by atoms with Crippen LogP contribution in [0.2, 0.25) is 0 Å². The topological polar surface area (TPSA) is 60.4 Å². The number of amidine groups is 1. The van der Waals surface area contributed by atoms with Crippen LogP contribution in [-0.4, -0.2) is 35.9 Å². The molecule has 0 N–H and O–H groups in total. The fourth-order valence-corrected chi connectivity index (χ4v) is 4.11. The van der Waals surface area contributed by atoms with Crippen LogP contribution in [0, 0.1) is 0 Å². The van der Waals surface area contributed by atoms with E-state index in [-0.39, 0.29) is 12.7 Å². The Hall–Kier alpha value is -2.93. The predicted octanol–water partition coefficient (Wildman–Crippen LogP) is 4.83. The van der Waals surface area contributed by atoms with Gasteiger partial charge in [-0.3, -0.25) is 9.69 Å². The van der Waals surface area contributed by atoms with E-state index in [1.165, 1.54) is 11.8 Å². The Balaban J connectivity index is 1.70. The Morgan fingerprint density at radius 1 is 1.17 bits per heavy atom. The van der Waals surface area contributed by atoms with Crippen molar-refractivity contribution in [2.45, 2.75) is 20.3 Å². The van der Waals surface area contributed by atoms with Crippen LogP contribution in [0.5, 0.6) is 17.2 Å². The van der Waals surface area contributed by atoms with E-state index >= 15 is 0 Å². The molecule has 0 unspecified atom stereocenters. The molecule has 0 spiro atoms. The second kappa shape index (κ2) is 8.61. The molecule has 2 aliphatic rings. The number of para-hydroxylation sites is 1. The number of hydrogen-bond acceptors (Lipinski definition) is 6. The molecule has 0 bridgehead atoms. The molecular formula is C22H22N2O4S. The second-order valence-electron chi connectivity index (χ2n) is 6.47. The number of nitrogens with zero attached hydrogens (tertiary/aromatic N) is 2. The average Bonchev–Trinajstić information content (AvgIpc) is 3.29. The highest BCUT2D eigenvalue weighted by molar-refractivity contribution is 8.18. The fraction of sp³-hybridized carbons (Fsp3) is 0.273. The van der Waals surface area contributed by atoms with Gasteiger partial charge < -0.3 is 14.2 Å². The maximum Gasteiger partial charge on any atom is 0.266 e. The Labute approximate surface area is 174 Å². The van der Waals surface area contributed by atoms with Gasteiger partial charge in [0.05, 0.1) is 17.2 Å². The highest BCUT2D eigenvalue weighted by Gasteiger charge is 2.33. The van der Waals surface area contributed by atoms with Crippen molar-refractivity contribution in [2.75, 3.05) is 19.9 Å². The lowest BCUT2D eigenvalue weighted by atomic mass is 10.1. The van der Waals surface area contributed by atoms with Gasteiger partial charge in [-0.15, -0.1) is 0 Å². The van der Waals surface area contributed by atoms with E-state index < -0.39 is 0 Å². The van der Waals surface area contributed by atoms with Crippen LogP contribution in [0.15, 0.2) is 52.4 Å². The highest BCUT2D eigenvalue weighted by Crippen LogP contribution is 2.41. The SMILES string of the molecule is CCCN1C(=O)/C(=C\c2cc3c(cc2OCC)OCO3)SC1=Nc1ccccc1. The first-order chi connectivity index (χ1) is 14.2. The summed E-state index contributed by atoms with van der Waals surface area (Å²) in [6.45, 7) is 5.29. The van der Waals surface area contributed by atoms with E-state index in [0.717, 1.165) is 17.7 Å². The van der Waals surface area contributed by atoms with E-state index in [9.17, 15) is 4.79 Å². The Bertz CT molecular complexity index is 972. The molecule has 2 aromatic rings. The lowest BCUT2D eigenvalue weighted by molar-refractivity contribution is -0.122. The molecule has 2 aliphatic heterocycles. The van der Waals surface area contributed by atoms with Crippen LogP contribution < -0.4 is 14.2 Å². The van der Waals surface area contributed by atoms with Crippen LogP contribution >= 0.6 is 11.8 Å². The normalized spacial score (nSPS) is 18.1. The first kappa shape index (κ1) is 19.4. The van der Waals surface area contributed by atoms with Crippen molar-refractivity contribution in [3.8, 4) is 17.2 Å². The van der Waals surface area contributed by atoms with Gasteiger partial charge in [-0.1, -0.05) is 25.1 Å². The molecule has 7 heteroatoms. The van der Waals surface area contributed by atoms with Crippen molar-refractivity contribution < 1.29 is 19.0 Å². The zero-order valence-corrected chi connectivity index (χ0v) is 17.2. The molecule has 0 aromatic heterocycles. The van der Waals surface area contributed by atoms with Crippen LogP contribution in [0.3, 0.4) is 0 Å². The van der Waals surface area contributed by atoms with Gasteiger partial charge in [-0.2, -0.15) is 0 Å². The van der Waals surface area contributed by atoms with Crippen molar-refractivity contribution in [3.05, 3.63) is 52.9 Å². The molecule has 1 amide bonds. The number of rotatable bonds is 6. The molecule has 1 saturated heterocycles. The van der Waals surface area contributed by atoms with Gasteiger partial charge in [-0.05, 0) is 49.4 Å². The Kier molecular flexibility index (Phi) is 5.76. The van der Waals surface area contributed by atoms with Crippen LogP contribution in [0.25, 0.3) is 6.08 Å². The van der Waals surface area contributed by atoms with Gasteiger partial charge in [0.2, 0.25) is 6.79 Å². The van der Waals surface area contributed by atoms with Crippen LogP contribution in [0.1, 0.15) is 25.8 Å². The van der Waals surface area contributed by atoms with Crippen molar-refractivity contribution in [1.82, 2.24) is 4.90 Å². The van der Waals surface area contributed by atoms with Crippen molar-refractivity contribution in [2.24, 2.45) is 4.99 Å². The summed E-state index contributed by atoms with van der Waals surface area (Å²) in [4.78, 5) is 20.1. The van der Waals surface area contributed by atoms with Gasteiger partial charge in [0.15, 0.2) is 16.7 Å². The van der Waals surface area contributed by atoms with E-state index in [2.05, 4.69) is 4.99 Å². The molecule has 0 radical (unpaired) electrons. The molecule has 2 aromatic carbocycles. The van der Waals surface area contributed by atoms with Crippen molar-refractivity contribution in [1.29, 1.82) is 0 Å². The number of thioether (sulfide) groups is 1. The number of ether oxygens (including phenoxy) is 3. The molecule has 0 atom stereocenters. The quantitative estimate of drug-likeness (QED) is 0.639. The highest BCUT2D eigenvalue weighted by atomic mass is 32.2. The van der Waals surface area contributed by atoms with Gasteiger partial charge in [0.1, 0.15) is 5.75 Å². The minimum Gasteiger partial charge on any atom is -0.493 e. The molecule has 150 valence electrons.